The molecular formula is C34H41N5O9. The summed E-state index contributed by atoms with van der Waals surface area (Å²) >= 11 is 0. The van der Waals surface area contributed by atoms with Crippen molar-refractivity contribution in [2.75, 3.05) is 6.54 Å². The van der Waals surface area contributed by atoms with E-state index < -0.39 is 60.4 Å². The van der Waals surface area contributed by atoms with Crippen LogP contribution in [0.2, 0.25) is 0 Å². The molecule has 0 saturated heterocycles. The lowest BCUT2D eigenvalue weighted by Crippen LogP contribution is -2.54. The van der Waals surface area contributed by atoms with Gasteiger partial charge in [-0.3, -0.25) is 38.8 Å². The summed E-state index contributed by atoms with van der Waals surface area (Å²) in [6.45, 7) is 0.335. The molecule has 0 aliphatic carbocycles. The molecule has 0 aromatic heterocycles. The molecule has 0 spiro atoms. The number of amides is 5. The second-order valence-corrected chi connectivity index (χ2v) is 11.1. The SMILES string of the molecule is C#CCCCC(=O)NCCCCC(NC(=O)[C@H](Cc1ccc(C(=O)c2ccccc2)cc1)NC(=O)[C@H](CC(=O)O)CC(=O)NO)C(N)=O. The van der Waals surface area contributed by atoms with Crippen LogP contribution >= 0.6 is 0 Å². The van der Waals surface area contributed by atoms with E-state index in [0.717, 1.165) is 0 Å². The summed E-state index contributed by atoms with van der Waals surface area (Å²) in [5.74, 6) is -4.35. The van der Waals surface area contributed by atoms with E-state index in [1.54, 1.807) is 54.6 Å². The third kappa shape index (κ3) is 13.8. The molecule has 0 radical (unpaired) electrons. The van der Waals surface area contributed by atoms with Crippen LogP contribution in [0.1, 0.15) is 72.9 Å². The number of primary amides is 1. The van der Waals surface area contributed by atoms with Gasteiger partial charge in [-0.25, -0.2) is 5.48 Å². The molecule has 0 aliphatic heterocycles. The fraction of sp³-hybridized carbons (Fsp3) is 0.382. The standard InChI is InChI=1S/C34H41N5O9/c1-2-3-5-13-28(40)36-18-9-8-12-26(32(35)45)37-34(47)27(38-33(46)25(21-30(42)43)20-29(41)39-48)19-22-14-16-24(17-15-22)31(44)23-10-6-4-7-11-23/h1,4,6-7,10-11,14-17,25-27,48H,3,5,8-9,12-13,18-21H2,(H2,35,45)(H,36,40)(H,37,47)(H,38,46)(H,39,41)(H,42,43)/t25-,26?,27-/m0/s1. The third-order valence-corrected chi connectivity index (χ3v) is 7.30. The van der Waals surface area contributed by atoms with Crippen LogP contribution in [0.15, 0.2) is 54.6 Å². The first-order valence-electron chi connectivity index (χ1n) is 15.4. The Morgan fingerprint density at radius 2 is 1.44 bits per heavy atom. The van der Waals surface area contributed by atoms with Crippen LogP contribution in [0.5, 0.6) is 0 Å². The van der Waals surface area contributed by atoms with E-state index in [4.69, 9.17) is 17.4 Å². The number of hydrogen-bond acceptors (Lipinski definition) is 8. The van der Waals surface area contributed by atoms with Crippen molar-refractivity contribution in [2.24, 2.45) is 11.7 Å². The van der Waals surface area contributed by atoms with Gasteiger partial charge in [0.1, 0.15) is 12.1 Å². The molecule has 14 nitrogen and oxygen atoms in total. The smallest absolute Gasteiger partial charge is 0.304 e. The maximum atomic E-state index is 13.5. The fourth-order valence-corrected chi connectivity index (χ4v) is 4.72. The van der Waals surface area contributed by atoms with E-state index in [9.17, 15) is 38.7 Å². The van der Waals surface area contributed by atoms with E-state index in [0.29, 0.717) is 55.3 Å². The summed E-state index contributed by atoms with van der Waals surface area (Å²) in [6, 6.07) is 12.4. The minimum absolute atomic E-state index is 0.128. The minimum Gasteiger partial charge on any atom is -0.481 e. The number of aliphatic carboxylic acids is 1. The maximum Gasteiger partial charge on any atom is 0.304 e. The van der Waals surface area contributed by atoms with Crippen molar-refractivity contribution >= 4 is 41.3 Å². The van der Waals surface area contributed by atoms with Crippen molar-refractivity contribution < 1.29 is 43.9 Å². The maximum absolute atomic E-state index is 13.5. The Morgan fingerprint density at radius 1 is 0.792 bits per heavy atom. The molecule has 1 unspecified atom stereocenters. The third-order valence-electron chi connectivity index (χ3n) is 7.30. The Kier molecular flexibility index (Phi) is 16.5. The second kappa shape index (κ2) is 20.5. The van der Waals surface area contributed by atoms with Crippen molar-refractivity contribution in [1.82, 2.24) is 21.4 Å². The number of unbranched alkanes of at least 4 members (excludes halogenated alkanes) is 2. The van der Waals surface area contributed by atoms with Crippen molar-refractivity contribution in [2.45, 2.75) is 69.9 Å². The van der Waals surface area contributed by atoms with Crippen molar-refractivity contribution in [1.29, 1.82) is 0 Å². The number of terminal acetylenes is 1. The molecule has 0 aliphatic rings. The number of rotatable bonds is 21. The van der Waals surface area contributed by atoms with Gasteiger partial charge >= 0.3 is 5.97 Å². The Morgan fingerprint density at radius 3 is 2.04 bits per heavy atom. The second-order valence-electron chi connectivity index (χ2n) is 11.1. The molecule has 48 heavy (non-hydrogen) atoms. The number of carboxylic acid groups (broad SMARTS) is 1. The number of nitrogens with one attached hydrogen (secondary N) is 4. The fourth-order valence-electron chi connectivity index (χ4n) is 4.72. The minimum atomic E-state index is -1.44. The highest BCUT2D eigenvalue weighted by molar-refractivity contribution is 6.09. The van der Waals surface area contributed by atoms with Gasteiger partial charge in [0, 0.05) is 43.4 Å². The molecule has 14 heteroatoms. The number of carbonyl (C=O) groups excluding carboxylic acids is 6. The Bertz CT molecular complexity index is 1470. The van der Waals surface area contributed by atoms with Gasteiger partial charge in [0.2, 0.25) is 29.5 Å². The van der Waals surface area contributed by atoms with Crippen LogP contribution in [0.3, 0.4) is 0 Å². The van der Waals surface area contributed by atoms with Gasteiger partial charge in [-0.05, 0) is 31.2 Å². The molecule has 0 fully saturated rings. The van der Waals surface area contributed by atoms with E-state index in [1.807, 2.05) is 0 Å². The lowest BCUT2D eigenvalue weighted by Gasteiger charge is -2.24. The molecule has 3 atom stereocenters. The first kappa shape index (κ1) is 38.6. The average molecular weight is 664 g/mol. The number of hydroxylamine groups is 1. The molecule has 2 aromatic carbocycles. The summed E-state index contributed by atoms with van der Waals surface area (Å²) in [5, 5.41) is 25.9. The van der Waals surface area contributed by atoms with Crippen LogP contribution < -0.4 is 27.2 Å². The topological polar surface area (TPSA) is 234 Å². The molecule has 256 valence electrons. The Hall–Kier alpha value is -5.55. The lowest BCUT2D eigenvalue weighted by molar-refractivity contribution is -0.143. The summed E-state index contributed by atoms with van der Waals surface area (Å²) in [6.07, 6.45) is 5.97. The molecule has 0 bridgehead atoms. The number of carboxylic acids is 1. The van der Waals surface area contributed by atoms with Crippen LogP contribution in [0.4, 0.5) is 0 Å². The van der Waals surface area contributed by atoms with Crippen LogP contribution in [-0.4, -0.2) is 70.2 Å². The molecule has 2 rings (SSSR count). The zero-order valence-electron chi connectivity index (χ0n) is 26.4. The molecule has 2 aromatic rings. The highest BCUT2D eigenvalue weighted by Crippen LogP contribution is 2.15. The van der Waals surface area contributed by atoms with Crippen molar-refractivity contribution in [3.05, 3.63) is 71.3 Å². The molecular weight excluding hydrogens is 622 g/mol. The Labute approximate surface area is 278 Å². The van der Waals surface area contributed by atoms with Gasteiger partial charge < -0.3 is 26.8 Å². The zero-order valence-corrected chi connectivity index (χ0v) is 26.4. The number of carbonyl (C=O) groups is 7. The summed E-state index contributed by atoms with van der Waals surface area (Å²) in [4.78, 5) is 86.7. The molecule has 8 N–H and O–H groups in total. The summed E-state index contributed by atoms with van der Waals surface area (Å²) in [5.41, 5.74) is 8.26. The van der Waals surface area contributed by atoms with E-state index in [1.165, 1.54) is 5.48 Å². The van der Waals surface area contributed by atoms with Crippen LogP contribution in [0, 0.1) is 18.3 Å². The largest absolute Gasteiger partial charge is 0.481 e. The molecule has 0 heterocycles. The first-order chi connectivity index (χ1) is 22.9. The van der Waals surface area contributed by atoms with Gasteiger partial charge in [-0.2, -0.15) is 0 Å². The van der Waals surface area contributed by atoms with Crippen LogP contribution in [-0.2, 0) is 35.2 Å². The number of nitrogens with two attached hydrogens (primary N) is 1. The van der Waals surface area contributed by atoms with Gasteiger partial charge in [0.25, 0.3) is 0 Å². The number of benzene rings is 2. The quantitative estimate of drug-likeness (QED) is 0.0331. The highest BCUT2D eigenvalue weighted by Gasteiger charge is 2.31. The predicted molar refractivity (Wildman–Crippen MR) is 173 cm³/mol. The number of hydrogen-bond donors (Lipinski definition) is 7. The highest BCUT2D eigenvalue weighted by atomic mass is 16.5. The number of ketones is 1. The lowest BCUT2D eigenvalue weighted by atomic mass is 9.97. The monoisotopic (exact) mass is 663 g/mol. The van der Waals surface area contributed by atoms with Gasteiger partial charge in [-0.15, -0.1) is 12.3 Å². The normalized spacial score (nSPS) is 12.3. The summed E-state index contributed by atoms with van der Waals surface area (Å²) < 4.78 is 0. The van der Waals surface area contributed by atoms with Crippen molar-refractivity contribution in [3.63, 3.8) is 0 Å². The van der Waals surface area contributed by atoms with Gasteiger partial charge in [0.05, 0.1) is 12.3 Å². The summed E-state index contributed by atoms with van der Waals surface area (Å²) in [7, 11) is 0. The van der Waals surface area contributed by atoms with Gasteiger partial charge in [-0.1, -0.05) is 54.6 Å². The Balaban J connectivity index is 2.18. The van der Waals surface area contributed by atoms with Gasteiger partial charge in [0.15, 0.2) is 5.78 Å². The first-order valence-corrected chi connectivity index (χ1v) is 15.4. The zero-order chi connectivity index (χ0) is 35.5. The van der Waals surface area contributed by atoms with Crippen LogP contribution in [0.25, 0.3) is 0 Å². The van der Waals surface area contributed by atoms with E-state index >= 15 is 0 Å². The molecule has 0 saturated carbocycles. The molecule has 5 amide bonds. The predicted octanol–water partition coefficient (Wildman–Crippen LogP) is 0.991. The average Bonchev–Trinajstić information content (AvgIpc) is 3.07. The van der Waals surface area contributed by atoms with Crippen molar-refractivity contribution in [3.8, 4) is 12.3 Å². The van der Waals surface area contributed by atoms with E-state index in [-0.39, 0.29) is 24.5 Å². The van der Waals surface area contributed by atoms with E-state index in [2.05, 4.69) is 21.9 Å².